The lowest BCUT2D eigenvalue weighted by atomic mass is 9.97. The van der Waals surface area contributed by atoms with Crippen LogP contribution < -0.4 is 5.32 Å². The highest BCUT2D eigenvalue weighted by Crippen LogP contribution is 2.40. The van der Waals surface area contributed by atoms with Crippen LogP contribution in [0.1, 0.15) is 32.4 Å². The van der Waals surface area contributed by atoms with Crippen LogP contribution in [0.15, 0.2) is 57.0 Å². The number of imidazole rings is 1. The maximum absolute atomic E-state index is 12.9. The van der Waals surface area contributed by atoms with Crippen molar-refractivity contribution < 1.29 is 13.9 Å². The third-order valence-corrected chi connectivity index (χ3v) is 4.80. The molecule has 0 bridgehead atoms. The first kappa shape index (κ1) is 16.9. The van der Waals surface area contributed by atoms with Gasteiger partial charge in [0.25, 0.3) is 0 Å². The minimum Gasteiger partial charge on any atom is -0.472 e. The van der Waals surface area contributed by atoms with Crippen LogP contribution >= 0.6 is 15.9 Å². The first-order valence-corrected chi connectivity index (χ1v) is 9.13. The van der Waals surface area contributed by atoms with E-state index in [9.17, 15) is 4.79 Å². The molecule has 1 aliphatic rings. The van der Waals surface area contributed by atoms with E-state index < -0.39 is 0 Å². The van der Waals surface area contributed by atoms with E-state index in [2.05, 4.69) is 26.2 Å². The molecule has 1 N–H and O–H groups in total. The van der Waals surface area contributed by atoms with Gasteiger partial charge in [0.2, 0.25) is 5.95 Å². The number of nitrogens with zero attached hydrogens (tertiary/aromatic N) is 2. The number of esters is 1. The minimum absolute atomic E-state index is 0.204. The van der Waals surface area contributed by atoms with Gasteiger partial charge in [0, 0.05) is 15.7 Å². The van der Waals surface area contributed by atoms with E-state index in [1.165, 1.54) is 0 Å². The fourth-order valence-electron chi connectivity index (χ4n) is 3.28. The molecule has 6 nitrogen and oxygen atoms in total. The lowest BCUT2D eigenvalue weighted by Gasteiger charge is -2.29. The van der Waals surface area contributed by atoms with Crippen LogP contribution in [0.2, 0.25) is 0 Å². The molecule has 7 heteroatoms. The normalized spacial score (nSPS) is 16.7. The highest BCUT2D eigenvalue weighted by atomic mass is 79.9. The summed E-state index contributed by atoms with van der Waals surface area (Å²) in [5.41, 5.74) is 3.90. The molecule has 134 valence electrons. The van der Waals surface area contributed by atoms with Gasteiger partial charge in [-0.2, -0.15) is 0 Å². The van der Waals surface area contributed by atoms with Crippen LogP contribution in [0, 0.1) is 0 Å². The van der Waals surface area contributed by atoms with Crippen molar-refractivity contribution in [3.63, 3.8) is 0 Å². The molecule has 1 atom stereocenters. The minimum atomic E-state index is -0.373. The van der Waals surface area contributed by atoms with E-state index in [1.54, 1.807) is 12.5 Å². The number of furan rings is 1. The predicted octanol–water partition coefficient (Wildman–Crippen LogP) is 4.63. The number of rotatable bonds is 3. The molecule has 0 aliphatic carbocycles. The predicted molar refractivity (Wildman–Crippen MR) is 102 cm³/mol. The van der Waals surface area contributed by atoms with Crippen molar-refractivity contribution in [2.24, 2.45) is 0 Å². The van der Waals surface area contributed by atoms with Crippen molar-refractivity contribution in [3.8, 4) is 0 Å². The Labute approximate surface area is 159 Å². The molecule has 1 aromatic carbocycles. The lowest BCUT2D eigenvalue weighted by Crippen LogP contribution is -2.29. The number of nitrogens with one attached hydrogen (secondary N) is 1. The first-order valence-electron chi connectivity index (χ1n) is 8.34. The summed E-state index contributed by atoms with van der Waals surface area (Å²) in [7, 11) is 0. The van der Waals surface area contributed by atoms with Crippen molar-refractivity contribution in [1.82, 2.24) is 9.55 Å². The molecule has 0 fully saturated rings. The van der Waals surface area contributed by atoms with Crippen LogP contribution in [-0.4, -0.2) is 21.6 Å². The second-order valence-electron chi connectivity index (χ2n) is 6.52. The van der Waals surface area contributed by atoms with E-state index in [4.69, 9.17) is 9.15 Å². The summed E-state index contributed by atoms with van der Waals surface area (Å²) in [5.74, 6) is 0.337. The van der Waals surface area contributed by atoms with Crippen LogP contribution in [0.4, 0.5) is 5.95 Å². The number of anilines is 1. The van der Waals surface area contributed by atoms with Gasteiger partial charge in [0.1, 0.15) is 0 Å². The average molecular weight is 416 g/mol. The Kier molecular flexibility index (Phi) is 4.11. The van der Waals surface area contributed by atoms with Gasteiger partial charge in [-0.15, -0.1) is 0 Å². The number of carbonyl (C=O) groups excluding carboxylic acids is 1. The van der Waals surface area contributed by atoms with Gasteiger partial charge in [0.15, 0.2) is 0 Å². The molecule has 26 heavy (non-hydrogen) atoms. The molecular formula is C19H18BrN3O3. The maximum Gasteiger partial charge on any atom is 0.338 e. The molecule has 1 unspecified atom stereocenters. The Morgan fingerprint density at radius 3 is 2.88 bits per heavy atom. The zero-order chi connectivity index (χ0) is 18.4. The summed E-state index contributed by atoms with van der Waals surface area (Å²) in [6.45, 7) is 5.54. The molecule has 3 aromatic rings. The zero-order valence-electron chi connectivity index (χ0n) is 14.6. The number of hydrogen-bond donors (Lipinski definition) is 1. The Bertz CT molecular complexity index is 1020. The van der Waals surface area contributed by atoms with Gasteiger partial charge in [-0.05, 0) is 45.0 Å². The molecular weight excluding hydrogens is 398 g/mol. The van der Waals surface area contributed by atoms with Gasteiger partial charge < -0.3 is 14.5 Å². The van der Waals surface area contributed by atoms with Gasteiger partial charge in [-0.25, -0.2) is 9.78 Å². The average Bonchev–Trinajstić information content (AvgIpc) is 3.19. The largest absolute Gasteiger partial charge is 0.472 e. The van der Waals surface area contributed by atoms with Crippen molar-refractivity contribution in [2.45, 2.75) is 32.9 Å². The number of halogens is 1. The van der Waals surface area contributed by atoms with Gasteiger partial charge in [0.05, 0.1) is 41.3 Å². The molecule has 0 amide bonds. The summed E-state index contributed by atoms with van der Waals surface area (Å²) in [6, 6.07) is 7.39. The van der Waals surface area contributed by atoms with Crippen molar-refractivity contribution in [3.05, 3.63) is 58.1 Å². The fourth-order valence-corrected chi connectivity index (χ4v) is 3.63. The second-order valence-corrected chi connectivity index (χ2v) is 7.43. The van der Waals surface area contributed by atoms with Crippen LogP contribution in [0.25, 0.3) is 11.0 Å². The van der Waals surface area contributed by atoms with E-state index in [1.807, 2.05) is 49.6 Å². The van der Waals surface area contributed by atoms with E-state index >= 15 is 0 Å². The molecule has 3 heterocycles. The van der Waals surface area contributed by atoms with Crippen molar-refractivity contribution in [2.75, 3.05) is 5.32 Å². The number of ether oxygens (including phenoxy) is 1. The third kappa shape index (κ3) is 2.72. The van der Waals surface area contributed by atoms with Crippen LogP contribution in [0.3, 0.4) is 0 Å². The number of hydrogen-bond acceptors (Lipinski definition) is 5. The van der Waals surface area contributed by atoms with Crippen molar-refractivity contribution >= 4 is 38.9 Å². The lowest BCUT2D eigenvalue weighted by molar-refractivity contribution is -0.143. The van der Waals surface area contributed by atoms with Crippen LogP contribution in [0.5, 0.6) is 0 Å². The SMILES string of the molecule is CC1=C(C(=O)OC(C)C)C(c2ccoc2)n2c(nc3cc(Br)ccc32)N1. The number of allylic oxidation sites excluding steroid dienone is 1. The number of fused-ring (bicyclic) bond motifs is 3. The van der Waals surface area contributed by atoms with Gasteiger partial charge in [-0.1, -0.05) is 15.9 Å². The maximum atomic E-state index is 12.9. The Morgan fingerprint density at radius 1 is 1.38 bits per heavy atom. The number of carbonyl (C=O) groups is 1. The molecule has 0 saturated carbocycles. The molecule has 1 aliphatic heterocycles. The number of aromatic nitrogens is 2. The van der Waals surface area contributed by atoms with E-state index in [-0.39, 0.29) is 18.1 Å². The smallest absolute Gasteiger partial charge is 0.338 e. The Hall–Kier alpha value is -2.54. The van der Waals surface area contributed by atoms with E-state index in [0.717, 1.165) is 26.8 Å². The van der Waals surface area contributed by atoms with E-state index in [0.29, 0.717) is 11.5 Å². The quantitative estimate of drug-likeness (QED) is 0.631. The molecule has 0 spiro atoms. The van der Waals surface area contributed by atoms with Crippen LogP contribution in [-0.2, 0) is 9.53 Å². The number of benzene rings is 1. The monoisotopic (exact) mass is 415 g/mol. The standard InChI is InChI=1S/C19H18BrN3O3/c1-10(2)26-18(24)16-11(3)21-19-22-14-8-13(20)4-5-15(14)23(19)17(16)12-6-7-25-9-12/h4-10,17H,1-3H3,(H,21,22). The van der Waals surface area contributed by atoms with Gasteiger partial charge >= 0.3 is 5.97 Å². The van der Waals surface area contributed by atoms with Gasteiger partial charge in [-0.3, -0.25) is 4.57 Å². The molecule has 0 saturated heterocycles. The Morgan fingerprint density at radius 2 is 2.19 bits per heavy atom. The first-order chi connectivity index (χ1) is 12.5. The fraction of sp³-hybridized carbons (Fsp3) is 0.263. The Balaban J connectivity index is 1.94. The second kappa shape index (κ2) is 6.32. The summed E-state index contributed by atoms with van der Waals surface area (Å²) >= 11 is 3.48. The summed E-state index contributed by atoms with van der Waals surface area (Å²) in [5, 5.41) is 3.25. The highest BCUT2D eigenvalue weighted by molar-refractivity contribution is 9.10. The summed E-state index contributed by atoms with van der Waals surface area (Å²) in [4.78, 5) is 17.5. The summed E-state index contributed by atoms with van der Waals surface area (Å²) in [6.07, 6.45) is 3.05. The third-order valence-electron chi connectivity index (χ3n) is 4.31. The summed E-state index contributed by atoms with van der Waals surface area (Å²) < 4.78 is 13.8. The molecule has 4 rings (SSSR count). The van der Waals surface area contributed by atoms with Crippen molar-refractivity contribution in [1.29, 1.82) is 0 Å². The topological polar surface area (TPSA) is 69.3 Å². The molecule has 2 aromatic heterocycles. The molecule has 0 radical (unpaired) electrons. The zero-order valence-corrected chi connectivity index (χ0v) is 16.2. The highest BCUT2D eigenvalue weighted by Gasteiger charge is 2.35.